The second kappa shape index (κ2) is 6.13. The molecule has 0 saturated heterocycles. The van der Waals surface area contributed by atoms with Crippen molar-refractivity contribution in [1.29, 1.82) is 0 Å². The molecule has 0 aromatic heterocycles. The molecule has 0 heterocycles. The van der Waals surface area contributed by atoms with Crippen LogP contribution in [0.3, 0.4) is 0 Å². The first-order valence-electron chi connectivity index (χ1n) is 2.87. The van der Waals surface area contributed by atoms with Gasteiger partial charge in [0.25, 0.3) is 0 Å². The predicted octanol–water partition coefficient (Wildman–Crippen LogP) is 2.92. The van der Waals surface area contributed by atoms with Crippen molar-refractivity contribution in [3.05, 3.63) is 0 Å². The molecule has 2 atom stereocenters. The Morgan fingerprint density at radius 2 is 2.00 bits per heavy atom. The van der Waals surface area contributed by atoms with Crippen LogP contribution in [0.2, 0.25) is 0 Å². The van der Waals surface area contributed by atoms with Crippen molar-refractivity contribution in [1.82, 2.24) is 0 Å². The van der Waals surface area contributed by atoms with Crippen molar-refractivity contribution < 1.29 is 0 Å². The van der Waals surface area contributed by atoms with Gasteiger partial charge in [0.15, 0.2) is 0 Å². The highest BCUT2D eigenvalue weighted by molar-refractivity contribution is 8.70. The topological polar surface area (TPSA) is 0 Å². The number of thiol groups is 3. The summed E-state index contributed by atoms with van der Waals surface area (Å²) in [6, 6.07) is 0. The average Bonchev–Trinajstić information content (AvgIpc) is 1.87. The molecule has 0 aliphatic rings. The van der Waals surface area contributed by atoms with E-state index in [1.165, 1.54) is 10.8 Å². The summed E-state index contributed by atoms with van der Waals surface area (Å²) in [5, 5.41) is 0.479. The Morgan fingerprint density at radius 3 is 2.33 bits per heavy atom. The molecule has 56 valence electrons. The van der Waals surface area contributed by atoms with Crippen molar-refractivity contribution in [2.24, 2.45) is 0 Å². The Hall–Kier alpha value is 1.40. The second-order valence-electron chi connectivity index (χ2n) is 1.86. The third-order valence-corrected chi connectivity index (χ3v) is 3.87. The molecule has 0 aliphatic carbocycles. The van der Waals surface area contributed by atoms with Crippen molar-refractivity contribution in [3.63, 3.8) is 0 Å². The van der Waals surface area contributed by atoms with Gasteiger partial charge in [-0.2, -0.15) is 25.3 Å². The highest BCUT2D eigenvalue weighted by atomic mass is 33.1. The van der Waals surface area contributed by atoms with Gasteiger partial charge in [-0.05, 0) is 12.8 Å². The molecule has 0 radical (unpaired) electrons. The van der Waals surface area contributed by atoms with Crippen LogP contribution in [0.4, 0.5) is 0 Å². The predicted molar refractivity (Wildman–Crippen MR) is 57.0 cm³/mol. The molecular weight excluding hydrogens is 188 g/mol. The summed E-state index contributed by atoms with van der Waals surface area (Å²) in [7, 11) is 1.48. The minimum Gasteiger partial charge on any atom is -0.176 e. The van der Waals surface area contributed by atoms with Gasteiger partial charge < -0.3 is 0 Å². The van der Waals surface area contributed by atoms with Crippen molar-refractivity contribution in [2.45, 2.75) is 29.6 Å². The Labute approximate surface area is 77.2 Å². The summed E-state index contributed by atoms with van der Waals surface area (Å²) in [5.41, 5.74) is 0. The fourth-order valence-corrected chi connectivity index (χ4v) is 1.79. The van der Waals surface area contributed by atoms with Gasteiger partial charge >= 0.3 is 0 Å². The van der Waals surface area contributed by atoms with Gasteiger partial charge in [-0.1, -0.05) is 17.7 Å². The van der Waals surface area contributed by atoms with Crippen LogP contribution in [-0.4, -0.2) is 9.83 Å². The molecule has 0 spiro atoms. The van der Waals surface area contributed by atoms with Crippen LogP contribution in [-0.2, 0) is 0 Å². The third kappa shape index (κ3) is 5.83. The van der Waals surface area contributed by atoms with E-state index in [0.717, 1.165) is 12.8 Å². The Balaban J connectivity index is 3.22. The maximum absolute atomic E-state index is 4.33. The summed E-state index contributed by atoms with van der Waals surface area (Å²) >= 11 is 12.6. The summed E-state index contributed by atoms with van der Waals surface area (Å²) < 4.78 is 0.329. The first-order chi connectivity index (χ1) is 4.20. The Kier molecular flexibility index (Phi) is 7.09. The van der Waals surface area contributed by atoms with Gasteiger partial charge in [0.05, 0.1) is 4.58 Å². The molecule has 4 heteroatoms. The van der Waals surface area contributed by atoms with E-state index >= 15 is 0 Å². The van der Waals surface area contributed by atoms with E-state index in [1.807, 2.05) is 0 Å². The maximum Gasteiger partial charge on any atom is 0.0584 e. The summed E-state index contributed by atoms with van der Waals surface area (Å²) in [6.45, 7) is 2.13. The number of rotatable bonds is 4. The van der Waals surface area contributed by atoms with Gasteiger partial charge in [-0.25, -0.2) is 0 Å². The van der Waals surface area contributed by atoms with E-state index < -0.39 is 0 Å². The first kappa shape index (κ1) is 10.4. The van der Waals surface area contributed by atoms with Crippen molar-refractivity contribution in [3.8, 4) is 0 Å². The zero-order valence-corrected chi connectivity index (χ0v) is 8.82. The Morgan fingerprint density at radius 1 is 1.44 bits per heavy atom. The molecule has 0 amide bonds. The first-order valence-corrected chi connectivity index (χ1v) is 5.83. The highest BCUT2D eigenvalue weighted by Crippen LogP contribution is 2.25. The molecule has 0 bridgehead atoms. The zero-order valence-electron chi connectivity index (χ0n) is 5.32. The van der Waals surface area contributed by atoms with E-state index in [2.05, 4.69) is 43.8 Å². The SMILES string of the molecule is CCC(S)CC(S)SS. The number of hydrogen-bond donors (Lipinski definition) is 3. The monoisotopic (exact) mass is 200 g/mol. The van der Waals surface area contributed by atoms with Crippen LogP contribution in [0.25, 0.3) is 0 Å². The van der Waals surface area contributed by atoms with Gasteiger partial charge in [-0.3, -0.25) is 0 Å². The zero-order chi connectivity index (χ0) is 7.28. The van der Waals surface area contributed by atoms with Gasteiger partial charge in [0.1, 0.15) is 0 Å². The fraction of sp³-hybridized carbons (Fsp3) is 1.00. The highest BCUT2D eigenvalue weighted by Gasteiger charge is 2.06. The lowest BCUT2D eigenvalue weighted by Crippen LogP contribution is -2.02. The quantitative estimate of drug-likeness (QED) is 0.356. The summed E-state index contributed by atoms with van der Waals surface area (Å²) in [6.07, 6.45) is 2.13. The van der Waals surface area contributed by atoms with Crippen LogP contribution in [0.15, 0.2) is 0 Å². The van der Waals surface area contributed by atoms with E-state index in [1.54, 1.807) is 0 Å². The maximum atomic E-state index is 4.33. The minimum atomic E-state index is 0.329. The molecule has 0 nitrogen and oxygen atoms in total. The summed E-state index contributed by atoms with van der Waals surface area (Å²) in [4.78, 5) is 0. The van der Waals surface area contributed by atoms with Crippen molar-refractivity contribution >= 4 is 47.7 Å². The molecule has 0 saturated carbocycles. The molecule has 0 rings (SSSR count). The van der Waals surface area contributed by atoms with Crippen molar-refractivity contribution in [2.75, 3.05) is 0 Å². The van der Waals surface area contributed by atoms with E-state index in [0.29, 0.717) is 9.83 Å². The fourth-order valence-electron chi connectivity index (χ4n) is 0.442. The molecule has 2 unspecified atom stereocenters. The van der Waals surface area contributed by atoms with Crippen LogP contribution >= 0.6 is 47.7 Å². The van der Waals surface area contributed by atoms with Gasteiger partial charge in [0, 0.05) is 5.25 Å². The van der Waals surface area contributed by atoms with Crippen LogP contribution in [0, 0.1) is 0 Å². The van der Waals surface area contributed by atoms with Crippen LogP contribution in [0.1, 0.15) is 19.8 Å². The van der Waals surface area contributed by atoms with Gasteiger partial charge in [-0.15, -0.1) is 11.7 Å². The molecule has 0 aliphatic heterocycles. The smallest absolute Gasteiger partial charge is 0.0584 e. The molecular formula is C5H12S4. The lowest BCUT2D eigenvalue weighted by Gasteiger charge is -2.10. The standard InChI is InChI=1S/C5H12S4/c1-2-4(6)3-5(7)9-8/h4-8H,2-3H2,1H3. The average molecular weight is 200 g/mol. The molecule has 0 N–H and O–H groups in total. The summed E-state index contributed by atoms with van der Waals surface area (Å²) in [5.74, 6) is 0. The van der Waals surface area contributed by atoms with Crippen LogP contribution < -0.4 is 0 Å². The molecule has 0 aromatic carbocycles. The van der Waals surface area contributed by atoms with E-state index in [4.69, 9.17) is 0 Å². The largest absolute Gasteiger partial charge is 0.176 e. The molecule has 0 aromatic rings. The van der Waals surface area contributed by atoms with Gasteiger partial charge in [0.2, 0.25) is 0 Å². The normalized spacial score (nSPS) is 17.3. The van der Waals surface area contributed by atoms with E-state index in [-0.39, 0.29) is 0 Å². The van der Waals surface area contributed by atoms with Crippen LogP contribution in [0.5, 0.6) is 0 Å². The number of hydrogen-bond acceptors (Lipinski definition) is 4. The lowest BCUT2D eigenvalue weighted by molar-refractivity contribution is 0.792. The van der Waals surface area contributed by atoms with E-state index in [9.17, 15) is 0 Å². The Bertz CT molecular complexity index is 58.0. The molecule has 0 fully saturated rings. The second-order valence-corrected chi connectivity index (χ2v) is 4.97. The molecule has 9 heavy (non-hydrogen) atoms. The lowest BCUT2D eigenvalue weighted by atomic mass is 10.3. The third-order valence-electron chi connectivity index (χ3n) is 1.07. The minimum absolute atomic E-state index is 0.329.